The van der Waals surface area contributed by atoms with Gasteiger partial charge in [0.15, 0.2) is 0 Å². The van der Waals surface area contributed by atoms with E-state index in [1.165, 1.54) is 77.0 Å². The van der Waals surface area contributed by atoms with Crippen molar-refractivity contribution in [3.8, 4) is 0 Å². The highest BCUT2D eigenvalue weighted by Gasteiger charge is 2.15. The number of hydrogen-bond acceptors (Lipinski definition) is 2. The van der Waals surface area contributed by atoms with Crippen molar-refractivity contribution in [2.45, 2.75) is 90.9 Å². The lowest BCUT2D eigenvalue weighted by Crippen LogP contribution is -2.43. The minimum absolute atomic E-state index is 0.273. The van der Waals surface area contributed by atoms with E-state index in [1.54, 1.807) is 6.92 Å². The minimum Gasteiger partial charge on any atom is -0.456 e. The molecule has 0 aromatic carbocycles. The van der Waals surface area contributed by atoms with E-state index < -0.39 is 0 Å². The topological polar surface area (TPSA) is 26.3 Å². The number of ether oxygens (including phenoxy) is 1. The van der Waals surface area contributed by atoms with Crippen LogP contribution >= 0.6 is 0 Å². The van der Waals surface area contributed by atoms with Gasteiger partial charge < -0.3 is 9.22 Å². The van der Waals surface area contributed by atoms with E-state index in [-0.39, 0.29) is 5.97 Å². The van der Waals surface area contributed by atoms with Crippen molar-refractivity contribution in [2.75, 3.05) is 33.8 Å². The zero-order valence-corrected chi connectivity index (χ0v) is 17.6. The zero-order valence-electron chi connectivity index (χ0n) is 17.6. The van der Waals surface area contributed by atoms with Crippen LogP contribution in [0, 0.1) is 0 Å². The first-order valence-electron chi connectivity index (χ1n) is 10.5. The summed E-state index contributed by atoms with van der Waals surface area (Å²) in [7, 11) is 4.43. The Hall–Kier alpha value is -0.830. The van der Waals surface area contributed by atoms with Gasteiger partial charge in [0.25, 0.3) is 0 Å². The molecule has 0 aliphatic carbocycles. The van der Waals surface area contributed by atoms with Gasteiger partial charge >= 0.3 is 5.97 Å². The third-order valence-corrected chi connectivity index (χ3v) is 4.90. The number of rotatable bonds is 17. The van der Waals surface area contributed by atoms with Gasteiger partial charge in [-0.1, -0.05) is 77.7 Å². The molecule has 0 aliphatic heterocycles. The van der Waals surface area contributed by atoms with Crippen LogP contribution in [-0.2, 0) is 9.53 Å². The summed E-state index contributed by atoms with van der Waals surface area (Å²) >= 11 is 0. The van der Waals surface area contributed by atoms with Crippen LogP contribution in [0.25, 0.3) is 0 Å². The van der Waals surface area contributed by atoms with Crippen LogP contribution in [0.3, 0.4) is 0 Å². The third-order valence-electron chi connectivity index (χ3n) is 4.90. The standard InChI is InChI=1S/C22H44NO2/c1-6-7-8-9-10-11-12-13-14-15-16-17-18-23(4,5)19-20-25-22(24)21(2)3/h2,6-20H2,1,3-5H3/q+1. The Balaban J connectivity index is 3.42. The van der Waals surface area contributed by atoms with Crippen LogP contribution in [-0.4, -0.2) is 44.2 Å². The molecule has 0 aliphatic rings. The second-order valence-electron chi connectivity index (χ2n) is 8.19. The van der Waals surface area contributed by atoms with Crippen LogP contribution in [0.5, 0.6) is 0 Å². The number of unbranched alkanes of at least 4 members (excludes halogenated alkanes) is 11. The first-order chi connectivity index (χ1) is 11.9. The summed E-state index contributed by atoms with van der Waals surface area (Å²) in [5, 5.41) is 0. The second kappa shape index (κ2) is 15.4. The first-order valence-corrected chi connectivity index (χ1v) is 10.5. The fourth-order valence-electron chi connectivity index (χ4n) is 3.00. The van der Waals surface area contributed by atoms with Crippen LogP contribution in [0.2, 0.25) is 0 Å². The Kier molecular flexibility index (Phi) is 14.9. The molecule has 0 heterocycles. The Bertz CT molecular complexity index is 350. The highest BCUT2D eigenvalue weighted by atomic mass is 16.5. The van der Waals surface area contributed by atoms with Crippen molar-refractivity contribution in [1.29, 1.82) is 0 Å². The molecule has 0 unspecified atom stereocenters. The van der Waals surface area contributed by atoms with Gasteiger partial charge in [-0.05, 0) is 19.8 Å². The van der Waals surface area contributed by atoms with E-state index in [4.69, 9.17) is 4.74 Å². The molecular weight excluding hydrogens is 310 g/mol. The Labute approximate surface area is 157 Å². The summed E-state index contributed by atoms with van der Waals surface area (Å²) in [4.78, 5) is 11.4. The molecule has 0 spiro atoms. The quantitative estimate of drug-likeness (QED) is 0.141. The molecule has 0 rings (SSSR count). The largest absolute Gasteiger partial charge is 0.456 e. The molecule has 0 radical (unpaired) electrons. The maximum atomic E-state index is 11.4. The molecule has 0 bridgehead atoms. The van der Waals surface area contributed by atoms with Gasteiger partial charge in [0.2, 0.25) is 0 Å². The summed E-state index contributed by atoms with van der Waals surface area (Å²) in [5.41, 5.74) is 0.478. The summed E-state index contributed by atoms with van der Waals surface area (Å²) in [6.07, 6.45) is 16.6. The molecule has 0 N–H and O–H groups in total. The lowest BCUT2D eigenvalue weighted by atomic mass is 10.1. The minimum atomic E-state index is -0.273. The monoisotopic (exact) mass is 354 g/mol. The van der Waals surface area contributed by atoms with Crippen molar-refractivity contribution in [1.82, 2.24) is 0 Å². The molecule has 0 atom stereocenters. The second-order valence-corrected chi connectivity index (χ2v) is 8.19. The number of hydrogen-bond donors (Lipinski definition) is 0. The molecule has 0 saturated carbocycles. The maximum Gasteiger partial charge on any atom is 0.333 e. The normalized spacial score (nSPS) is 11.5. The number of carbonyl (C=O) groups excluding carboxylic acids is 1. The van der Waals surface area contributed by atoms with Crippen molar-refractivity contribution < 1.29 is 14.0 Å². The molecule has 0 aromatic rings. The van der Waals surface area contributed by atoms with Crippen LogP contribution < -0.4 is 0 Å². The van der Waals surface area contributed by atoms with Gasteiger partial charge in [0.05, 0.1) is 20.6 Å². The molecule has 0 aromatic heterocycles. The smallest absolute Gasteiger partial charge is 0.333 e. The van der Waals surface area contributed by atoms with Crippen LogP contribution in [0.4, 0.5) is 0 Å². The van der Waals surface area contributed by atoms with E-state index in [0.717, 1.165) is 17.6 Å². The average molecular weight is 355 g/mol. The molecule has 3 nitrogen and oxygen atoms in total. The molecule has 3 heteroatoms. The predicted molar refractivity (Wildman–Crippen MR) is 109 cm³/mol. The van der Waals surface area contributed by atoms with Gasteiger partial charge in [0, 0.05) is 5.57 Å². The Morgan fingerprint density at radius 2 is 1.24 bits per heavy atom. The first kappa shape index (κ1) is 24.2. The molecule has 148 valence electrons. The average Bonchev–Trinajstić information content (AvgIpc) is 2.55. The van der Waals surface area contributed by atoms with Gasteiger partial charge in [-0.15, -0.1) is 0 Å². The summed E-state index contributed by atoms with van der Waals surface area (Å²) < 4.78 is 6.12. The molecule has 25 heavy (non-hydrogen) atoms. The van der Waals surface area contributed by atoms with E-state index in [1.807, 2.05) is 0 Å². The van der Waals surface area contributed by atoms with Crippen molar-refractivity contribution >= 4 is 5.97 Å². The zero-order chi connectivity index (χ0) is 19.0. The van der Waals surface area contributed by atoms with Gasteiger partial charge in [0.1, 0.15) is 13.2 Å². The number of esters is 1. The van der Waals surface area contributed by atoms with E-state index in [9.17, 15) is 4.79 Å². The summed E-state index contributed by atoms with van der Waals surface area (Å²) in [5.74, 6) is -0.273. The van der Waals surface area contributed by atoms with Crippen molar-refractivity contribution in [2.24, 2.45) is 0 Å². The third kappa shape index (κ3) is 16.4. The number of nitrogens with zero attached hydrogens (tertiary/aromatic N) is 1. The fraction of sp³-hybridized carbons (Fsp3) is 0.864. The van der Waals surface area contributed by atoms with E-state index in [0.29, 0.717) is 12.2 Å². The van der Waals surface area contributed by atoms with E-state index in [2.05, 4.69) is 27.6 Å². The van der Waals surface area contributed by atoms with Crippen LogP contribution in [0.15, 0.2) is 12.2 Å². The lowest BCUT2D eigenvalue weighted by molar-refractivity contribution is -0.890. The van der Waals surface area contributed by atoms with Gasteiger partial charge in [-0.25, -0.2) is 4.79 Å². The van der Waals surface area contributed by atoms with Crippen molar-refractivity contribution in [3.05, 3.63) is 12.2 Å². The fourth-order valence-corrected chi connectivity index (χ4v) is 3.00. The molecular formula is C22H44NO2+. The maximum absolute atomic E-state index is 11.4. The van der Waals surface area contributed by atoms with Gasteiger partial charge in [-0.2, -0.15) is 0 Å². The number of likely N-dealkylation sites (N-methyl/N-ethyl adjacent to an activating group) is 1. The predicted octanol–water partition coefficient (Wildman–Crippen LogP) is 5.88. The summed E-state index contributed by atoms with van der Waals surface area (Å²) in [6.45, 7) is 10.1. The number of quaternary nitrogens is 1. The van der Waals surface area contributed by atoms with Crippen LogP contribution in [0.1, 0.15) is 90.9 Å². The summed E-state index contributed by atoms with van der Waals surface area (Å²) in [6, 6.07) is 0. The highest BCUT2D eigenvalue weighted by Crippen LogP contribution is 2.12. The Morgan fingerprint density at radius 3 is 1.68 bits per heavy atom. The molecule has 0 fully saturated rings. The SMILES string of the molecule is C=C(C)C(=O)OCC[N+](C)(C)CCCCCCCCCCCCCC. The van der Waals surface area contributed by atoms with Crippen molar-refractivity contribution in [3.63, 3.8) is 0 Å². The van der Waals surface area contributed by atoms with E-state index >= 15 is 0 Å². The Morgan fingerprint density at radius 1 is 0.800 bits per heavy atom. The van der Waals surface area contributed by atoms with Gasteiger partial charge in [-0.3, -0.25) is 0 Å². The molecule has 0 saturated heterocycles. The molecule has 0 amide bonds. The highest BCUT2D eigenvalue weighted by molar-refractivity contribution is 5.86. The number of carbonyl (C=O) groups is 1. The lowest BCUT2D eigenvalue weighted by Gasteiger charge is -2.29.